The van der Waals surface area contributed by atoms with Gasteiger partial charge in [-0.3, -0.25) is 4.79 Å². The highest BCUT2D eigenvalue weighted by Crippen LogP contribution is 2.30. The van der Waals surface area contributed by atoms with Gasteiger partial charge in [0.2, 0.25) is 0 Å². The SMILES string of the molecule is CCOc1cc(C(=O)N[C@@H]2CCC[C@@H](SC)C2)ccc1OCC(=O)O. The number of rotatable bonds is 8. The molecule has 0 spiro atoms. The maximum atomic E-state index is 12.5. The van der Waals surface area contributed by atoms with Crippen molar-refractivity contribution in [3.05, 3.63) is 23.8 Å². The molecule has 0 heterocycles. The number of hydrogen-bond acceptors (Lipinski definition) is 5. The third kappa shape index (κ3) is 5.85. The van der Waals surface area contributed by atoms with Gasteiger partial charge in [-0.05, 0) is 50.6 Å². The van der Waals surface area contributed by atoms with Gasteiger partial charge in [-0.15, -0.1) is 0 Å². The summed E-state index contributed by atoms with van der Waals surface area (Å²) in [4.78, 5) is 23.2. The van der Waals surface area contributed by atoms with Gasteiger partial charge in [-0.25, -0.2) is 4.79 Å². The molecule has 0 bridgehead atoms. The van der Waals surface area contributed by atoms with Gasteiger partial charge in [0.15, 0.2) is 18.1 Å². The number of nitrogens with one attached hydrogen (secondary N) is 1. The lowest BCUT2D eigenvalue weighted by molar-refractivity contribution is -0.139. The molecular formula is C18H25NO5S. The molecule has 138 valence electrons. The zero-order chi connectivity index (χ0) is 18.2. The van der Waals surface area contributed by atoms with Crippen LogP contribution in [0.2, 0.25) is 0 Å². The monoisotopic (exact) mass is 367 g/mol. The van der Waals surface area contributed by atoms with Gasteiger partial charge in [0.1, 0.15) is 0 Å². The van der Waals surface area contributed by atoms with Crippen molar-refractivity contribution in [2.24, 2.45) is 0 Å². The number of hydrogen-bond donors (Lipinski definition) is 2. The molecule has 1 aliphatic rings. The van der Waals surface area contributed by atoms with Gasteiger partial charge in [0, 0.05) is 16.9 Å². The summed E-state index contributed by atoms with van der Waals surface area (Å²) in [5.74, 6) is -0.509. The Hall–Kier alpha value is -1.89. The maximum absolute atomic E-state index is 12.5. The zero-order valence-electron chi connectivity index (χ0n) is 14.6. The minimum atomic E-state index is -1.06. The number of ether oxygens (including phenoxy) is 2. The molecule has 6 nitrogen and oxygen atoms in total. The smallest absolute Gasteiger partial charge is 0.341 e. The van der Waals surface area contributed by atoms with Crippen LogP contribution in [-0.2, 0) is 4.79 Å². The van der Waals surface area contributed by atoms with Crippen molar-refractivity contribution in [2.75, 3.05) is 19.5 Å². The van der Waals surface area contributed by atoms with Crippen molar-refractivity contribution in [2.45, 2.75) is 43.9 Å². The van der Waals surface area contributed by atoms with Gasteiger partial charge < -0.3 is 19.9 Å². The van der Waals surface area contributed by atoms with Crippen molar-refractivity contribution in [3.63, 3.8) is 0 Å². The van der Waals surface area contributed by atoms with Crippen molar-refractivity contribution < 1.29 is 24.2 Å². The number of amides is 1. The lowest BCUT2D eigenvalue weighted by atomic mass is 9.94. The molecule has 0 radical (unpaired) electrons. The van der Waals surface area contributed by atoms with Crippen LogP contribution < -0.4 is 14.8 Å². The second kappa shape index (κ2) is 9.56. The second-order valence-corrected chi connectivity index (χ2v) is 7.11. The molecule has 7 heteroatoms. The first-order valence-corrected chi connectivity index (χ1v) is 9.77. The molecule has 0 aliphatic heterocycles. The number of carbonyl (C=O) groups excluding carboxylic acids is 1. The van der Waals surface area contributed by atoms with Crippen LogP contribution in [0.1, 0.15) is 43.0 Å². The minimum Gasteiger partial charge on any atom is -0.490 e. The van der Waals surface area contributed by atoms with E-state index in [4.69, 9.17) is 14.6 Å². The minimum absolute atomic E-state index is 0.141. The van der Waals surface area contributed by atoms with Crippen LogP contribution in [0.3, 0.4) is 0 Å². The van der Waals surface area contributed by atoms with Crippen LogP contribution in [-0.4, -0.2) is 47.7 Å². The molecule has 1 aromatic rings. The van der Waals surface area contributed by atoms with E-state index in [0.717, 1.165) is 19.3 Å². The molecule has 0 saturated heterocycles. The highest BCUT2D eigenvalue weighted by Gasteiger charge is 2.23. The maximum Gasteiger partial charge on any atom is 0.341 e. The first kappa shape index (κ1) is 19.4. The van der Waals surface area contributed by atoms with Crippen LogP contribution in [0.15, 0.2) is 18.2 Å². The molecule has 0 unspecified atom stereocenters. The topological polar surface area (TPSA) is 84.9 Å². The van der Waals surface area contributed by atoms with Crippen molar-refractivity contribution in [1.29, 1.82) is 0 Å². The predicted molar refractivity (Wildman–Crippen MR) is 97.8 cm³/mol. The third-order valence-corrected chi connectivity index (χ3v) is 5.25. The normalized spacial score (nSPS) is 19.9. The molecule has 1 aromatic carbocycles. The van der Waals surface area contributed by atoms with Crippen LogP contribution >= 0.6 is 11.8 Å². The number of carbonyl (C=O) groups is 2. The summed E-state index contributed by atoms with van der Waals surface area (Å²) in [5, 5.41) is 12.4. The van der Waals surface area contributed by atoms with E-state index in [1.165, 1.54) is 6.42 Å². The first-order chi connectivity index (χ1) is 12.0. The van der Waals surface area contributed by atoms with E-state index in [0.29, 0.717) is 28.9 Å². The fourth-order valence-electron chi connectivity index (χ4n) is 2.94. The number of benzene rings is 1. The van der Waals surface area contributed by atoms with Crippen LogP contribution in [0, 0.1) is 0 Å². The van der Waals surface area contributed by atoms with Crippen LogP contribution in [0.4, 0.5) is 0 Å². The molecule has 1 fully saturated rings. The van der Waals surface area contributed by atoms with Crippen molar-refractivity contribution in [1.82, 2.24) is 5.32 Å². The molecule has 25 heavy (non-hydrogen) atoms. The molecule has 2 rings (SSSR count). The van der Waals surface area contributed by atoms with Gasteiger partial charge in [-0.2, -0.15) is 11.8 Å². The van der Waals surface area contributed by atoms with Crippen LogP contribution in [0.5, 0.6) is 11.5 Å². The molecule has 1 saturated carbocycles. The van der Waals surface area contributed by atoms with Crippen molar-refractivity contribution in [3.8, 4) is 11.5 Å². The average Bonchev–Trinajstić information content (AvgIpc) is 2.60. The highest BCUT2D eigenvalue weighted by atomic mass is 32.2. The van der Waals surface area contributed by atoms with Crippen LogP contribution in [0.25, 0.3) is 0 Å². The number of carboxylic acids is 1. The van der Waals surface area contributed by atoms with Gasteiger partial charge >= 0.3 is 5.97 Å². The van der Waals surface area contributed by atoms with Gasteiger partial charge in [-0.1, -0.05) is 6.42 Å². The Morgan fingerprint density at radius 1 is 1.28 bits per heavy atom. The molecule has 2 atom stereocenters. The van der Waals surface area contributed by atoms with E-state index in [1.807, 2.05) is 18.7 Å². The standard InChI is InChI=1S/C18H25NO5S/c1-3-23-16-9-12(7-8-15(16)24-11-17(20)21)18(22)19-13-5-4-6-14(10-13)25-2/h7-9,13-14H,3-6,10-11H2,1-2H3,(H,19,22)(H,20,21)/t13-,14-/m1/s1. The first-order valence-electron chi connectivity index (χ1n) is 8.48. The summed E-state index contributed by atoms with van der Waals surface area (Å²) in [6, 6.07) is 5.00. The summed E-state index contributed by atoms with van der Waals surface area (Å²) < 4.78 is 10.7. The summed E-state index contributed by atoms with van der Waals surface area (Å²) in [5.41, 5.74) is 0.484. The summed E-state index contributed by atoms with van der Waals surface area (Å²) >= 11 is 1.86. The molecule has 1 aliphatic carbocycles. The fourth-order valence-corrected chi connectivity index (χ4v) is 3.76. The fraction of sp³-hybridized carbons (Fsp3) is 0.556. The van der Waals surface area contributed by atoms with E-state index in [9.17, 15) is 9.59 Å². The Labute approximate surface area is 152 Å². The Morgan fingerprint density at radius 3 is 2.76 bits per heavy atom. The van der Waals surface area contributed by atoms with E-state index in [2.05, 4.69) is 11.6 Å². The van der Waals surface area contributed by atoms with Gasteiger partial charge in [0.25, 0.3) is 5.91 Å². The quantitative estimate of drug-likeness (QED) is 0.735. The summed E-state index contributed by atoms with van der Waals surface area (Å²) in [6.45, 7) is 1.76. The van der Waals surface area contributed by atoms with E-state index in [-0.39, 0.29) is 11.9 Å². The molecule has 0 aromatic heterocycles. The van der Waals surface area contributed by atoms with Gasteiger partial charge in [0.05, 0.1) is 6.61 Å². The molecule has 1 amide bonds. The summed E-state index contributed by atoms with van der Waals surface area (Å²) in [7, 11) is 0. The predicted octanol–water partition coefficient (Wildman–Crippen LogP) is 2.95. The molecular weight excluding hydrogens is 342 g/mol. The lowest BCUT2D eigenvalue weighted by Gasteiger charge is -2.28. The number of carboxylic acid groups (broad SMARTS) is 1. The zero-order valence-corrected chi connectivity index (χ0v) is 15.4. The largest absolute Gasteiger partial charge is 0.490 e. The lowest BCUT2D eigenvalue weighted by Crippen LogP contribution is -2.39. The van der Waals surface area contributed by atoms with E-state index < -0.39 is 12.6 Å². The third-order valence-electron chi connectivity index (χ3n) is 4.15. The Morgan fingerprint density at radius 2 is 2.08 bits per heavy atom. The number of thioether (sulfide) groups is 1. The Bertz CT molecular complexity index is 607. The van der Waals surface area contributed by atoms with E-state index in [1.54, 1.807) is 18.2 Å². The average molecular weight is 367 g/mol. The second-order valence-electron chi connectivity index (χ2n) is 5.97. The van der Waals surface area contributed by atoms with E-state index >= 15 is 0 Å². The number of aliphatic carboxylic acids is 1. The van der Waals surface area contributed by atoms with Crippen molar-refractivity contribution >= 4 is 23.6 Å². The summed E-state index contributed by atoms with van der Waals surface area (Å²) in [6.07, 6.45) is 6.44. The Kier molecular flexibility index (Phi) is 7.43. The molecule has 2 N–H and O–H groups in total. The highest BCUT2D eigenvalue weighted by molar-refractivity contribution is 7.99. The Balaban J connectivity index is 2.05.